The molecule has 1 aromatic carbocycles. The maximum absolute atomic E-state index is 10.9. The third-order valence-electron chi connectivity index (χ3n) is 2.12. The Morgan fingerprint density at radius 3 is 2.60 bits per heavy atom. The number of carboxylic acid groups (broad SMARTS) is 1. The van der Waals surface area contributed by atoms with Crippen molar-refractivity contribution >= 4 is 5.97 Å². The molecule has 0 heterocycles. The quantitative estimate of drug-likeness (QED) is 0.781. The predicted octanol–water partition coefficient (Wildman–Crippen LogP) is 2.71. The number of para-hydroxylation sites is 1. The van der Waals surface area contributed by atoms with Crippen LogP contribution in [0.15, 0.2) is 30.3 Å². The topological polar surface area (TPSA) is 46.5 Å². The summed E-state index contributed by atoms with van der Waals surface area (Å²) in [7, 11) is 0. The number of hydrogen-bond donors (Lipinski definition) is 1. The predicted molar refractivity (Wildman–Crippen MR) is 58.0 cm³/mol. The summed E-state index contributed by atoms with van der Waals surface area (Å²) in [5.41, 5.74) is 0. The van der Waals surface area contributed by atoms with Crippen LogP contribution >= 0.6 is 0 Å². The summed E-state index contributed by atoms with van der Waals surface area (Å²) in [5.74, 6) is -0.284. The van der Waals surface area contributed by atoms with Gasteiger partial charge in [0.2, 0.25) is 0 Å². The second kappa shape index (κ2) is 6.06. The van der Waals surface area contributed by atoms with Gasteiger partial charge in [-0.2, -0.15) is 0 Å². The second-order valence-corrected chi connectivity index (χ2v) is 3.40. The number of carboxylic acids is 1. The van der Waals surface area contributed by atoms with E-state index in [1.165, 1.54) is 0 Å². The van der Waals surface area contributed by atoms with Gasteiger partial charge in [0.05, 0.1) is 0 Å². The zero-order chi connectivity index (χ0) is 11.1. The molecule has 0 aliphatic heterocycles. The second-order valence-electron chi connectivity index (χ2n) is 3.40. The molecule has 1 unspecified atom stereocenters. The SMILES string of the molecule is CCCCC(Oc1ccccc1)C(=O)O. The fraction of sp³-hybridized carbons (Fsp3) is 0.417. The maximum Gasteiger partial charge on any atom is 0.344 e. The van der Waals surface area contributed by atoms with Gasteiger partial charge in [-0.15, -0.1) is 0 Å². The van der Waals surface area contributed by atoms with Crippen LogP contribution in [-0.4, -0.2) is 17.2 Å². The summed E-state index contributed by atoms with van der Waals surface area (Å²) in [4.78, 5) is 10.9. The van der Waals surface area contributed by atoms with E-state index in [9.17, 15) is 4.79 Å². The van der Waals surface area contributed by atoms with Crippen molar-refractivity contribution in [3.05, 3.63) is 30.3 Å². The highest BCUT2D eigenvalue weighted by atomic mass is 16.5. The zero-order valence-electron chi connectivity index (χ0n) is 8.85. The lowest BCUT2D eigenvalue weighted by molar-refractivity contribution is -0.145. The number of unbranched alkanes of at least 4 members (excludes halogenated alkanes) is 1. The molecule has 82 valence electrons. The summed E-state index contributed by atoms with van der Waals surface area (Å²) < 4.78 is 5.38. The zero-order valence-corrected chi connectivity index (χ0v) is 8.85. The van der Waals surface area contributed by atoms with Gasteiger partial charge >= 0.3 is 5.97 Å². The highest BCUT2D eigenvalue weighted by molar-refractivity contribution is 5.72. The van der Waals surface area contributed by atoms with Crippen molar-refractivity contribution in [3.8, 4) is 5.75 Å². The van der Waals surface area contributed by atoms with Crippen LogP contribution in [0.4, 0.5) is 0 Å². The average molecular weight is 208 g/mol. The van der Waals surface area contributed by atoms with E-state index in [0.717, 1.165) is 12.8 Å². The molecule has 0 spiro atoms. The number of carbonyl (C=O) groups is 1. The third-order valence-corrected chi connectivity index (χ3v) is 2.12. The van der Waals surface area contributed by atoms with Crippen molar-refractivity contribution in [2.24, 2.45) is 0 Å². The minimum absolute atomic E-state index is 0.556. The summed E-state index contributed by atoms with van der Waals surface area (Å²) in [6.45, 7) is 2.03. The smallest absolute Gasteiger partial charge is 0.344 e. The molecule has 0 saturated carbocycles. The van der Waals surface area contributed by atoms with E-state index in [4.69, 9.17) is 9.84 Å². The molecule has 15 heavy (non-hydrogen) atoms. The van der Waals surface area contributed by atoms with E-state index in [2.05, 4.69) is 0 Å². The van der Waals surface area contributed by atoms with Crippen LogP contribution in [0.5, 0.6) is 5.75 Å². The van der Waals surface area contributed by atoms with Gasteiger partial charge < -0.3 is 9.84 Å². The summed E-state index contributed by atoms with van der Waals surface area (Å²) in [6, 6.07) is 9.06. The van der Waals surface area contributed by atoms with Crippen LogP contribution in [0.2, 0.25) is 0 Å². The highest BCUT2D eigenvalue weighted by Crippen LogP contribution is 2.14. The van der Waals surface area contributed by atoms with Crippen molar-refractivity contribution in [2.75, 3.05) is 0 Å². The number of aliphatic carboxylic acids is 1. The van der Waals surface area contributed by atoms with Gasteiger partial charge in [-0.05, 0) is 25.0 Å². The van der Waals surface area contributed by atoms with Gasteiger partial charge in [-0.25, -0.2) is 4.79 Å². The minimum atomic E-state index is -0.896. The molecule has 3 nitrogen and oxygen atoms in total. The average Bonchev–Trinajstić information content (AvgIpc) is 2.25. The first-order chi connectivity index (χ1) is 7.24. The molecule has 1 atom stereocenters. The standard InChI is InChI=1S/C12H16O3/c1-2-3-9-11(12(13)14)15-10-7-5-4-6-8-10/h4-8,11H,2-3,9H2,1H3,(H,13,14). The van der Waals surface area contributed by atoms with Gasteiger partial charge in [0.1, 0.15) is 5.75 Å². The first kappa shape index (κ1) is 11.6. The largest absolute Gasteiger partial charge is 0.479 e. The van der Waals surface area contributed by atoms with Crippen molar-refractivity contribution in [1.82, 2.24) is 0 Å². The van der Waals surface area contributed by atoms with Gasteiger partial charge in [-0.3, -0.25) is 0 Å². The van der Waals surface area contributed by atoms with Crippen molar-refractivity contribution in [2.45, 2.75) is 32.3 Å². The molecule has 1 N–H and O–H groups in total. The maximum atomic E-state index is 10.9. The van der Waals surface area contributed by atoms with Crippen LogP contribution in [0.3, 0.4) is 0 Å². The van der Waals surface area contributed by atoms with Crippen LogP contribution in [0, 0.1) is 0 Å². The van der Waals surface area contributed by atoms with E-state index in [1.54, 1.807) is 12.1 Å². The van der Waals surface area contributed by atoms with Crippen LogP contribution in [-0.2, 0) is 4.79 Å². The van der Waals surface area contributed by atoms with Gasteiger partial charge in [-0.1, -0.05) is 31.5 Å². The Bertz CT molecular complexity index is 295. The molecule has 0 aliphatic rings. The molecule has 0 amide bonds. The molecule has 0 aliphatic carbocycles. The van der Waals surface area contributed by atoms with Crippen LogP contribution < -0.4 is 4.74 Å². The lowest BCUT2D eigenvalue weighted by Crippen LogP contribution is -2.26. The molecule has 0 bridgehead atoms. The summed E-state index contributed by atoms with van der Waals surface area (Å²) in [6.07, 6.45) is 1.67. The van der Waals surface area contributed by atoms with Crippen molar-refractivity contribution in [3.63, 3.8) is 0 Å². The Balaban J connectivity index is 2.55. The molecule has 0 aromatic heterocycles. The van der Waals surface area contributed by atoms with Gasteiger partial charge in [0, 0.05) is 0 Å². The molecule has 0 radical (unpaired) electrons. The fourth-order valence-electron chi connectivity index (χ4n) is 1.29. The number of benzene rings is 1. The Morgan fingerprint density at radius 1 is 1.40 bits per heavy atom. The number of hydrogen-bond acceptors (Lipinski definition) is 2. The minimum Gasteiger partial charge on any atom is -0.479 e. The lowest BCUT2D eigenvalue weighted by atomic mass is 10.1. The monoisotopic (exact) mass is 208 g/mol. The first-order valence-corrected chi connectivity index (χ1v) is 5.18. The van der Waals surface area contributed by atoms with Crippen LogP contribution in [0.1, 0.15) is 26.2 Å². The Kier molecular flexibility index (Phi) is 4.68. The molecule has 0 fully saturated rings. The Hall–Kier alpha value is -1.51. The van der Waals surface area contributed by atoms with E-state index >= 15 is 0 Å². The Labute approximate surface area is 89.7 Å². The van der Waals surface area contributed by atoms with Crippen LogP contribution in [0.25, 0.3) is 0 Å². The van der Waals surface area contributed by atoms with Gasteiger partial charge in [0.25, 0.3) is 0 Å². The van der Waals surface area contributed by atoms with E-state index in [-0.39, 0.29) is 0 Å². The molecule has 3 heteroatoms. The van der Waals surface area contributed by atoms with Crippen molar-refractivity contribution < 1.29 is 14.6 Å². The normalized spacial score (nSPS) is 12.1. The lowest BCUT2D eigenvalue weighted by Gasteiger charge is -2.14. The highest BCUT2D eigenvalue weighted by Gasteiger charge is 2.18. The van der Waals surface area contributed by atoms with Gasteiger partial charge in [0.15, 0.2) is 6.10 Å². The van der Waals surface area contributed by atoms with E-state index < -0.39 is 12.1 Å². The Morgan fingerprint density at radius 2 is 2.07 bits per heavy atom. The third kappa shape index (κ3) is 4.02. The molecule has 1 aromatic rings. The summed E-state index contributed by atoms with van der Waals surface area (Å²) in [5, 5.41) is 8.94. The summed E-state index contributed by atoms with van der Waals surface area (Å²) >= 11 is 0. The molecular formula is C12H16O3. The fourth-order valence-corrected chi connectivity index (χ4v) is 1.29. The molecule has 1 rings (SSSR count). The first-order valence-electron chi connectivity index (χ1n) is 5.18. The molecule has 0 saturated heterocycles. The number of ether oxygens (including phenoxy) is 1. The van der Waals surface area contributed by atoms with E-state index in [1.807, 2.05) is 25.1 Å². The van der Waals surface area contributed by atoms with Crippen molar-refractivity contribution in [1.29, 1.82) is 0 Å². The van der Waals surface area contributed by atoms with E-state index in [0.29, 0.717) is 12.2 Å². The molecular weight excluding hydrogens is 192 g/mol. The number of rotatable bonds is 6.